The molecular weight excluding hydrogens is 216 g/mol. The summed E-state index contributed by atoms with van der Waals surface area (Å²) >= 11 is 0. The van der Waals surface area contributed by atoms with E-state index in [1.54, 1.807) is 7.11 Å². The maximum atomic E-state index is 11.8. The second kappa shape index (κ2) is 11.2. The Balaban J connectivity index is 3.51. The molecular formula is C11H23F2NO2. The van der Waals surface area contributed by atoms with Gasteiger partial charge in [-0.2, -0.15) is 0 Å². The van der Waals surface area contributed by atoms with Crippen LogP contribution in [0, 0.1) is 0 Å². The van der Waals surface area contributed by atoms with Crippen LogP contribution in [0.25, 0.3) is 0 Å². The predicted octanol–water partition coefficient (Wildman–Crippen LogP) is 2.06. The summed E-state index contributed by atoms with van der Waals surface area (Å²) in [4.78, 5) is 0. The summed E-state index contributed by atoms with van der Waals surface area (Å²) in [5.74, 6) is 0. The van der Waals surface area contributed by atoms with Crippen molar-refractivity contribution in [1.29, 1.82) is 0 Å². The van der Waals surface area contributed by atoms with Gasteiger partial charge in [-0.25, -0.2) is 8.78 Å². The standard InChI is InChI=1S/C11H23F2NO2/c1-3-14-10(5-4-7-15-2)6-8-16-9-11(12)13/h10-11,14H,3-9H2,1-2H3. The summed E-state index contributed by atoms with van der Waals surface area (Å²) < 4.78 is 33.4. The van der Waals surface area contributed by atoms with E-state index < -0.39 is 13.0 Å². The quantitative estimate of drug-likeness (QED) is 0.560. The van der Waals surface area contributed by atoms with Crippen molar-refractivity contribution in [2.24, 2.45) is 0 Å². The SMILES string of the molecule is CCNC(CCCOC)CCOCC(F)F. The Labute approximate surface area is 96.5 Å². The van der Waals surface area contributed by atoms with Gasteiger partial charge in [-0.3, -0.25) is 0 Å². The first-order valence-corrected chi connectivity index (χ1v) is 5.78. The molecule has 1 atom stereocenters. The van der Waals surface area contributed by atoms with Gasteiger partial charge in [0.2, 0.25) is 0 Å². The van der Waals surface area contributed by atoms with Crippen molar-refractivity contribution in [2.45, 2.75) is 38.7 Å². The molecule has 16 heavy (non-hydrogen) atoms. The zero-order valence-electron chi connectivity index (χ0n) is 10.2. The van der Waals surface area contributed by atoms with E-state index >= 15 is 0 Å². The fourth-order valence-corrected chi connectivity index (χ4v) is 1.51. The Morgan fingerprint density at radius 1 is 1.19 bits per heavy atom. The van der Waals surface area contributed by atoms with Crippen molar-refractivity contribution in [3.63, 3.8) is 0 Å². The van der Waals surface area contributed by atoms with Crippen molar-refractivity contribution in [1.82, 2.24) is 5.32 Å². The van der Waals surface area contributed by atoms with Crippen molar-refractivity contribution in [3.8, 4) is 0 Å². The largest absolute Gasteiger partial charge is 0.385 e. The lowest BCUT2D eigenvalue weighted by atomic mass is 10.1. The second-order valence-corrected chi connectivity index (χ2v) is 3.64. The van der Waals surface area contributed by atoms with Gasteiger partial charge in [0.1, 0.15) is 6.61 Å². The number of ether oxygens (including phenoxy) is 2. The van der Waals surface area contributed by atoms with Crippen LogP contribution in [-0.2, 0) is 9.47 Å². The Hall–Kier alpha value is -0.260. The van der Waals surface area contributed by atoms with Crippen molar-refractivity contribution in [3.05, 3.63) is 0 Å². The van der Waals surface area contributed by atoms with Gasteiger partial charge in [0, 0.05) is 26.4 Å². The second-order valence-electron chi connectivity index (χ2n) is 3.64. The minimum Gasteiger partial charge on any atom is -0.385 e. The predicted molar refractivity (Wildman–Crippen MR) is 60.0 cm³/mol. The minimum absolute atomic E-state index is 0.331. The average molecular weight is 239 g/mol. The number of nitrogens with one attached hydrogen (secondary N) is 1. The molecule has 0 aliphatic heterocycles. The van der Waals surface area contributed by atoms with E-state index in [-0.39, 0.29) is 0 Å². The maximum absolute atomic E-state index is 11.8. The lowest BCUT2D eigenvalue weighted by Crippen LogP contribution is -2.30. The van der Waals surface area contributed by atoms with Gasteiger partial charge < -0.3 is 14.8 Å². The van der Waals surface area contributed by atoms with E-state index in [2.05, 4.69) is 5.32 Å². The molecule has 0 aromatic heterocycles. The highest BCUT2D eigenvalue weighted by atomic mass is 19.3. The number of hydrogen-bond donors (Lipinski definition) is 1. The van der Waals surface area contributed by atoms with Gasteiger partial charge in [-0.05, 0) is 25.8 Å². The van der Waals surface area contributed by atoms with Crippen LogP contribution in [0.5, 0.6) is 0 Å². The summed E-state index contributed by atoms with van der Waals surface area (Å²) in [6, 6.07) is 0.331. The molecule has 0 aromatic carbocycles. The third-order valence-corrected chi connectivity index (χ3v) is 2.25. The van der Waals surface area contributed by atoms with Crippen molar-refractivity contribution in [2.75, 3.05) is 33.5 Å². The zero-order valence-corrected chi connectivity index (χ0v) is 10.2. The average Bonchev–Trinajstić information content (AvgIpc) is 2.24. The molecule has 0 aliphatic rings. The minimum atomic E-state index is -2.37. The van der Waals surface area contributed by atoms with Gasteiger partial charge in [-0.15, -0.1) is 0 Å². The Bertz CT molecular complexity index is 148. The van der Waals surface area contributed by atoms with Crippen LogP contribution >= 0.6 is 0 Å². The third kappa shape index (κ3) is 10.3. The highest BCUT2D eigenvalue weighted by Gasteiger charge is 2.08. The molecule has 0 saturated carbocycles. The first-order valence-electron chi connectivity index (χ1n) is 5.78. The molecule has 0 rings (SSSR count). The number of halogens is 2. The third-order valence-electron chi connectivity index (χ3n) is 2.25. The Morgan fingerprint density at radius 2 is 1.94 bits per heavy atom. The molecule has 3 nitrogen and oxygen atoms in total. The first kappa shape index (κ1) is 15.7. The molecule has 0 fully saturated rings. The molecule has 1 N–H and O–H groups in total. The van der Waals surface area contributed by atoms with Crippen molar-refractivity contribution < 1.29 is 18.3 Å². The highest BCUT2D eigenvalue weighted by molar-refractivity contribution is 4.65. The molecule has 0 aromatic rings. The van der Waals surface area contributed by atoms with Gasteiger partial charge in [0.05, 0.1) is 0 Å². The van der Waals surface area contributed by atoms with E-state index in [4.69, 9.17) is 9.47 Å². The molecule has 0 aliphatic carbocycles. The topological polar surface area (TPSA) is 30.5 Å². The molecule has 5 heteroatoms. The summed E-state index contributed by atoms with van der Waals surface area (Å²) in [6.07, 6.45) is 0.360. The molecule has 0 radical (unpaired) electrons. The first-order chi connectivity index (χ1) is 7.70. The zero-order chi connectivity index (χ0) is 12.2. The fraction of sp³-hybridized carbons (Fsp3) is 1.00. The number of rotatable bonds is 11. The highest BCUT2D eigenvalue weighted by Crippen LogP contribution is 2.03. The van der Waals surface area contributed by atoms with Gasteiger partial charge in [0.15, 0.2) is 0 Å². The van der Waals surface area contributed by atoms with Crippen LogP contribution in [-0.4, -0.2) is 45.9 Å². The van der Waals surface area contributed by atoms with E-state index in [1.807, 2.05) is 6.92 Å². The number of hydrogen-bond acceptors (Lipinski definition) is 3. The van der Waals surface area contributed by atoms with Crippen LogP contribution in [0.3, 0.4) is 0 Å². The van der Waals surface area contributed by atoms with E-state index in [1.165, 1.54) is 0 Å². The fourth-order valence-electron chi connectivity index (χ4n) is 1.51. The molecule has 0 amide bonds. The maximum Gasteiger partial charge on any atom is 0.261 e. The summed E-state index contributed by atoms with van der Waals surface area (Å²) in [6.45, 7) is 3.57. The Morgan fingerprint density at radius 3 is 2.50 bits per heavy atom. The summed E-state index contributed by atoms with van der Waals surface area (Å²) in [7, 11) is 1.67. The van der Waals surface area contributed by atoms with Crippen LogP contribution in [0.2, 0.25) is 0 Å². The van der Waals surface area contributed by atoms with Gasteiger partial charge >= 0.3 is 0 Å². The lowest BCUT2D eigenvalue weighted by Gasteiger charge is -2.17. The summed E-state index contributed by atoms with van der Waals surface area (Å²) in [5, 5.41) is 3.31. The van der Waals surface area contributed by atoms with Gasteiger partial charge in [-0.1, -0.05) is 6.92 Å². The molecule has 0 saturated heterocycles. The molecule has 98 valence electrons. The Kier molecular flexibility index (Phi) is 11.0. The molecule has 1 unspecified atom stereocenters. The molecule has 0 spiro atoms. The van der Waals surface area contributed by atoms with Crippen LogP contribution in [0.4, 0.5) is 8.78 Å². The molecule has 0 bridgehead atoms. The van der Waals surface area contributed by atoms with Crippen LogP contribution < -0.4 is 5.32 Å². The van der Waals surface area contributed by atoms with Crippen molar-refractivity contribution >= 4 is 0 Å². The van der Waals surface area contributed by atoms with E-state index in [9.17, 15) is 8.78 Å². The van der Waals surface area contributed by atoms with Crippen LogP contribution in [0.1, 0.15) is 26.2 Å². The van der Waals surface area contributed by atoms with Crippen LogP contribution in [0.15, 0.2) is 0 Å². The molecule has 0 heterocycles. The lowest BCUT2D eigenvalue weighted by molar-refractivity contribution is 0.0140. The number of alkyl halides is 2. The monoisotopic (exact) mass is 239 g/mol. The van der Waals surface area contributed by atoms with E-state index in [0.29, 0.717) is 12.6 Å². The van der Waals surface area contributed by atoms with E-state index in [0.717, 1.165) is 32.4 Å². The normalized spacial score (nSPS) is 13.3. The smallest absolute Gasteiger partial charge is 0.261 e. The van der Waals surface area contributed by atoms with Gasteiger partial charge in [0.25, 0.3) is 6.43 Å². The summed E-state index contributed by atoms with van der Waals surface area (Å²) in [5.41, 5.74) is 0. The number of methoxy groups -OCH3 is 1.